The molecule has 0 aliphatic carbocycles. The predicted octanol–water partition coefficient (Wildman–Crippen LogP) is 4.43. The molecule has 144 valence electrons. The van der Waals surface area contributed by atoms with Crippen LogP contribution in [0.1, 0.15) is 30.0 Å². The summed E-state index contributed by atoms with van der Waals surface area (Å²) in [6.07, 6.45) is 1.83. The SMILES string of the molecule is CCC(=O)Oc1c(Br)cc(/C=C2\N=C(c3ccccc3C)OC2=O)cc1OC. The molecule has 1 aliphatic heterocycles. The fourth-order valence-corrected chi connectivity index (χ4v) is 3.14. The summed E-state index contributed by atoms with van der Waals surface area (Å²) < 4.78 is 16.5. The van der Waals surface area contributed by atoms with Crippen LogP contribution in [0.4, 0.5) is 0 Å². The highest BCUT2D eigenvalue weighted by Gasteiger charge is 2.25. The highest BCUT2D eigenvalue weighted by atomic mass is 79.9. The lowest BCUT2D eigenvalue weighted by Gasteiger charge is -2.11. The second-order valence-electron chi connectivity index (χ2n) is 6.01. The normalized spacial score (nSPS) is 14.6. The van der Waals surface area contributed by atoms with Crippen LogP contribution in [0, 0.1) is 6.92 Å². The molecule has 0 fully saturated rings. The molecule has 1 aliphatic rings. The van der Waals surface area contributed by atoms with E-state index >= 15 is 0 Å². The van der Waals surface area contributed by atoms with Crippen molar-refractivity contribution in [3.05, 3.63) is 63.3 Å². The Hall–Kier alpha value is -2.93. The summed E-state index contributed by atoms with van der Waals surface area (Å²) >= 11 is 3.38. The number of ether oxygens (including phenoxy) is 3. The molecule has 0 bridgehead atoms. The maximum absolute atomic E-state index is 12.2. The average molecular weight is 444 g/mol. The highest BCUT2D eigenvalue weighted by molar-refractivity contribution is 9.10. The number of hydrogen-bond donors (Lipinski definition) is 0. The number of aryl methyl sites for hydroxylation is 1. The molecule has 2 aromatic carbocycles. The topological polar surface area (TPSA) is 74.2 Å². The first-order valence-corrected chi connectivity index (χ1v) is 9.39. The van der Waals surface area contributed by atoms with Gasteiger partial charge < -0.3 is 14.2 Å². The summed E-state index contributed by atoms with van der Waals surface area (Å²) in [4.78, 5) is 28.2. The molecule has 0 aromatic heterocycles. The molecule has 0 N–H and O–H groups in total. The first-order valence-electron chi connectivity index (χ1n) is 8.59. The lowest BCUT2D eigenvalue weighted by atomic mass is 10.1. The lowest BCUT2D eigenvalue weighted by molar-refractivity contribution is -0.134. The van der Waals surface area contributed by atoms with Crippen molar-refractivity contribution in [3.63, 3.8) is 0 Å². The Morgan fingerprint density at radius 2 is 2.04 bits per heavy atom. The Balaban J connectivity index is 1.97. The number of halogens is 1. The van der Waals surface area contributed by atoms with E-state index in [9.17, 15) is 9.59 Å². The molecule has 2 aromatic rings. The van der Waals surface area contributed by atoms with Gasteiger partial charge in [-0.3, -0.25) is 4.79 Å². The van der Waals surface area contributed by atoms with Crippen molar-refractivity contribution in [2.75, 3.05) is 7.11 Å². The fourth-order valence-electron chi connectivity index (χ4n) is 2.60. The zero-order chi connectivity index (χ0) is 20.3. The summed E-state index contributed by atoms with van der Waals surface area (Å²) in [7, 11) is 1.47. The number of carbonyl (C=O) groups is 2. The Morgan fingerprint density at radius 3 is 2.71 bits per heavy atom. The van der Waals surface area contributed by atoms with Crippen LogP contribution in [0.3, 0.4) is 0 Å². The zero-order valence-electron chi connectivity index (χ0n) is 15.6. The number of benzene rings is 2. The molecule has 0 radical (unpaired) electrons. The number of hydrogen-bond acceptors (Lipinski definition) is 6. The van der Waals surface area contributed by atoms with E-state index in [0.29, 0.717) is 15.8 Å². The van der Waals surface area contributed by atoms with Gasteiger partial charge in [0.1, 0.15) is 0 Å². The second kappa shape index (κ2) is 8.39. The molecule has 0 saturated carbocycles. The van der Waals surface area contributed by atoms with E-state index in [4.69, 9.17) is 14.2 Å². The minimum absolute atomic E-state index is 0.172. The van der Waals surface area contributed by atoms with Crippen LogP contribution in [0.5, 0.6) is 11.5 Å². The zero-order valence-corrected chi connectivity index (χ0v) is 17.2. The van der Waals surface area contributed by atoms with Gasteiger partial charge in [0.15, 0.2) is 17.2 Å². The monoisotopic (exact) mass is 443 g/mol. The Morgan fingerprint density at radius 1 is 1.29 bits per heavy atom. The van der Waals surface area contributed by atoms with Crippen molar-refractivity contribution in [1.82, 2.24) is 0 Å². The van der Waals surface area contributed by atoms with Crippen LogP contribution < -0.4 is 9.47 Å². The molecule has 0 unspecified atom stereocenters. The molecule has 3 rings (SSSR count). The van der Waals surface area contributed by atoms with E-state index in [0.717, 1.165) is 11.1 Å². The van der Waals surface area contributed by atoms with Crippen LogP contribution in [-0.4, -0.2) is 24.9 Å². The number of carbonyl (C=O) groups excluding carboxylic acids is 2. The van der Waals surface area contributed by atoms with Gasteiger partial charge in [0.2, 0.25) is 5.90 Å². The third-order valence-electron chi connectivity index (χ3n) is 4.06. The second-order valence-corrected chi connectivity index (χ2v) is 6.87. The number of cyclic esters (lactones) is 1. The lowest BCUT2D eigenvalue weighted by Crippen LogP contribution is -2.07. The first kappa shape index (κ1) is 19.8. The van der Waals surface area contributed by atoms with Crippen LogP contribution in [-0.2, 0) is 14.3 Å². The third-order valence-corrected chi connectivity index (χ3v) is 4.64. The van der Waals surface area contributed by atoms with E-state index in [1.54, 1.807) is 25.1 Å². The number of methoxy groups -OCH3 is 1. The smallest absolute Gasteiger partial charge is 0.363 e. The van der Waals surface area contributed by atoms with E-state index in [2.05, 4.69) is 20.9 Å². The number of esters is 2. The van der Waals surface area contributed by atoms with Crippen molar-refractivity contribution in [3.8, 4) is 11.5 Å². The van der Waals surface area contributed by atoms with Gasteiger partial charge in [0.25, 0.3) is 0 Å². The Labute approximate surface area is 171 Å². The molecule has 0 amide bonds. The van der Waals surface area contributed by atoms with Crippen molar-refractivity contribution >= 4 is 39.8 Å². The van der Waals surface area contributed by atoms with Crippen LogP contribution in [0.25, 0.3) is 6.08 Å². The molecule has 28 heavy (non-hydrogen) atoms. The molecule has 7 heteroatoms. The van der Waals surface area contributed by atoms with Crippen LogP contribution in [0.15, 0.2) is 51.6 Å². The third kappa shape index (κ3) is 4.14. The summed E-state index contributed by atoms with van der Waals surface area (Å²) in [6, 6.07) is 10.9. The van der Waals surface area contributed by atoms with E-state index in [1.165, 1.54) is 7.11 Å². The molecule has 0 spiro atoms. The number of rotatable bonds is 5. The molecule has 6 nitrogen and oxygen atoms in total. The van der Waals surface area contributed by atoms with Gasteiger partial charge in [-0.05, 0) is 58.3 Å². The Kier molecular flexibility index (Phi) is 5.94. The first-order chi connectivity index (χ1) is 13.4. The van der Waals surface area contributed by atoms with E-state index in [1.807, 2.05) is 31.2 Å². The number of aliphatic imine (C=N–C) groups is 1. The van der Waals surface area contributed by atoms with Crippen LogP contribution >= 0.6 is 15.9 Å². The van der Waals surface area contributed by atoms with Crippen molar-refractivity contribution in [2.45, 2.75) is 20.3 Å². The largest absolute Gasteiger partial charge is 0.493 e. The van der Waals surface area contributed by atoms with Crippen molar-refractivity contribution in [2.24, 2.45) is 4.99 Å². The number of nitrogens with zero attached hydrogens (tertiary/aromatic N) is 1. The predicted molar refractivity (Wildman–Crippen MR) is 108 cm³/mol. The fraction of sp³-hybridized carbons (Fsp3) is 0.190. The molecular weight excluding hydrogens is 426 g/mol. The van der Waals surface area contributed by atoms with E-state index < -0.39 is 5.97 Å². The summed E-state index contributed by atoms with van der Waals surface area (Å²) in [6.45, 7) is 3.63. The summed E-state index contributed by atoms with van der Waals surface area (Å²) in [5.41, 5.74) is 2.54. The Bertz CT molecular complexity index is 1010. The quantitative estimate of drug-likeness (QED) is 0.388. The summed E-state index contributed by atoms with van der Waals surface area (Å²) in [5, 5.41) is 0. The molecular formula is C21H18BrNO5. The maximum Gasteiger partial charge on any atom is 0.363 e. The molecule has 0 atom stereocenters. The van der Waals surface area contributed by atoms with Gasteiger partial charge in [0, 0.05) is 12.0 Å². The standard InChI is InChI=1S/C21H18BrNO5/c1-4-18(24)27-19-15(22)9-13(11-17(19)26-3)10-16-21(25)28-20(23-16)14-8-6-5-7-12(14)2/h5-11H,4H2,1-3H3/b16-10-. The average Bonchev–Trinajstić information content (AvgIpc) is 3.03. The van der Waals surface area contributed by atoms with Crippen molar-refractivity contribution in [1.29, 1.82) is 0 Å². The van der Waals surface area contributed by atoms with Gasteiger partial charge in [0.05, 0.1) is 11.6 Å². The van der Waals surface area contributed by atoms with Crippen molar-refractivity contribution < 1.29 is 23.8 Å². The van der Waals surface area contributed by atoms with Crippen LogP contribution in [0.2, 0.25) is 0 Å². The molecule has 1 heterocycles. The summed E-state index contributed by atoms with van der Waals surface area (Å²) in [5.74, 6) is 0.00718. The van der Waals surface area contributed by atoms with Gasteiger partial charge in [-0.2, -0.15) is 0 Å². The minimum Gasteiger partial charge on any atom is -0.493 e. The minimum atomic E-state index is -0.533. The highest BCUT2D eigenvalue weighted by Crippen LogP contribution is 2.37. The van der Waals surface area contributed by atoms with Gasteiger partial charge in [-0.1, -0.05) is 25.1 Å². The van der Waals surface area contributed by atoms with E-state index in [-0.39, 0.29) is 29.7 Å². The van der Waals surface area contributed by atoms with Gasteiger partial charge in [-0.15, -0.1) is 0 Å². The van der Waals surface area contributed by atoms with Gasteiger partial charge in [-0.25, -0.2) is 9.79 Å². The van der Waals surface area contributed by atoms with Gasteiger partial charge >= 0.3 is 11.9 Å². The molecule has 0 saturated heterocycles. The maximum atomic E-state index is 12.2.